The molecule has 2 atom stereocenters. The number of anilines is 1. The molecule has 1 N–H and O–H groups in total. The van der Waals surface area contributed by atoms with Crippen LogP contribution in [0.4, 0.5) is 11.4 Å². The fourth-order valence-corrected chi connectivity index (χ4v) is 4.71. The first-order valence-electron chi connectivity index (χ1n) is 10.2. The average molecular weight is 429 g/mol. The van der Waals surface area contributed by atoms with Crippen LogP contribution >= 0.6 is 11.6 Å². The van der Waals surface area contributed by atoms with Gasteiger partial charge in [-0.3, -0.25) is 19.8 Å². The normalized spacial score (nSPS) is 20.9. The second-order valence-corrected chi connectivity index (χ2v) is 8.33. The predicted octanol–water partition coefficient (Wildman–Crippen LogP) is 3.25. The van der Waals surface area contributed by atoms with Crippen molar-refractivity contribution in [2.75, 3.05) is 31.1 Å². The molecule has 2 heterocycles. The lowest BCUT2D eigenvalue weighted by Gasteiger charge is -2.49. The van der Waals surface area contributed by atoms with Gasteiger partial charge < -0.3 is 10.2 Å². The Morgan fingerprint density at radius 2 is 2.00 bits per heavy atom. The van der Waals surface area contributed by atoms with Crippen molar-refractivity contribution >= 4 is 28.9 Å². The molecule has 0 saturated carbocycles. The van der Waals surface area contributed by atoms with E-state index in [9.17, 15) is 14.9 Å². The van der Waals surface area contributed by atoms with Crippen molar-refractivity contribution in [2.45, 2.75) is 25.9 Å². The number of nitrogens with one attached hydrogen (secondary N) is 1. The zero-order valence-electron chi connectivity index (χ0n) is 16.9. The summed E-state index contributed by atoms with van der Waals surface area (Å²) in [7, 11) is 0. The molecule has 158 valence electrons. The van der Waals surface area contributed by atoms with Crippen LogP contribution in [0.25, 0.3) is 0 Å². The maximum absolute atomic E-state index is 12.9. The number of benzene rings is 2. The summed E-state index contributed by atoms with van der Waals surface area (Å²) >= 11 is 6.00. The van der Waals surface area contributed by atoms with Gasteiger partial charge >= 0.3 is 0 Å². The third-order valence-corrected chi connectivity index (χ3v) is 6.25. The number of carbonyl (C=O) groups excluding carboxylic acids is 1. The minimum absolute atomic E-state index is 0.0120. The average Bonchev–Trinajstić information content (AvgIpc) is 2.74. The van der Waals surface area contributed by atoms with E-state index in [1.807, 2.05) is 37.3 Å². The second-order valence-electron chi connectivity index (χ2n) is 7.90. The molecule has 2 aliphatic heterocycles. The van der Waals surface area contributed by atoms with Crippen LogP contribution in [-0.2, 0) is 17.8 Å². The van der Waals surface area contributed by atoms with Crippen LogP contribution < -0.4 is 10.2 Å². The zero-order valence-corrected chi connectivity index (χ0v) is 17.6. The number of fused-ring (bicyclic) bond motifs is 3. The highest BCUT2D eigenvalue weighted by molar-refractivity contribution is 6.30. The van der Waals surface area contributed by atoms with Gasteiger partial charge in [0.2, 0.25) is 5.91 Å². The summed E-state index contributed by atoms with van der Waals surface area (Å²) in [6.45, 7) is 5.68. The van der Waals surface area contributed by atoms with Gasteiger partial charge in [0.1, 0.15) is 0 Å². The van der Waals surface area contributed by atoms with Crippen molar-refractivity contribution < 1.29 is 9.72 Å². The molecule has 2 aromatic carbocycles. The highest BCUT2D eigenvalue weighted by atomic mass is 35.5. The molecule has 7 nitrogen and oxygen atoms in total. The molecule has 30 heavy (non-hydrogen) atoms. The van der Waals surface area contributed by atoms with Gasteiger partial charge in [0.25, 0.3) is 5.69 Å². The minimum atomic E-state index is -0.377. The van der Waals surface area contributed by atoms with Crippen molar-refractivity contribution in [1.82, 2.24) is 10.2 Å². The Labute approximate surface area is 180 Å². The minimum Gasteiger partial charge on any atom is -0.365 e. The van der Waals surface area contributed by atoms with Gasteiger partial charge in [-0.2, -0.15) is 0 Å². The number of nitro groups is 1. The summed E-state index contributed by atoms with van der Waals surface area (Å²) in [6, 6.07) is 12.9. The molecule has 2 aliphatic rings. The van der Waals surface area contributed by atoms with E-state index in [1.54, 1.807) is 12.1 Å². The first-order valence-corrected chi connectivity index (χ1v) is 10.6. The van der Waals surface area contributed by atoms with E-state index in [2.05, 4.69) is 15.1 Å². The largest absolute Gasteiger partial charge is 0.365 e. The van der Waals surface area contributed by atoms with Crippen LogP contribution in [0.15, 0.2) is 42.5 Å². The van der Waals surface area contributed by atoms with Gasteiger partial charge in [-0.05, 0) is 42.7 Å². The highest BCUT2D eigenvalue weighted by Gasteiger charge is 2.41. The zero-order chi connectivity index (χ0) is 21.3. The van der Waals surface area contributed by atoms with Gasteiger partial charge in [0.15, 0.2) is 0 Å². The van der Waals surface area contributed by atoms with E-state index < -0.39 is 0 Å². The summed E-state index contributed by atoms with van der Waals surface area (Å²) < 4.78 is 0. The number of rotatable bonds is 5. The topological polar surface area (TPSA) is 78.7 Å². The summed E-state index contributed by atoms with van der Waals surface area (Å²) in [4.78, 5) is 28.4. The van der Waals surface area contributed by atoms with E-state index in [-0.39, 0.29) is 28.5 Å². The monoisotopic (exact) mass is 428 g/mol. The third-order valence-electron chi connectivity index (χ3n) is 6.00. The van der Waals surface area contributed by atoms with E-state index >= 15 is 0 Å². The van der Waals surface area contributed by atoms with E-state index in [1.165, 1.54) is 5.56 Å². The highest BCUT2D eigenvalue weighted by Crippen LogP contribution is 2.38. The van der Waals surface area contributed by atoms with E-state index in [4.69, 9.17) is 11.6 Å². The van der Waals surface area contributed by atoms with Crippen molar-refractivity contribution in [3.05, 3.63) is 68.7 Å². The Balaban J connectivity index is 1.60. The standard InChI is InChI=1S/C22H25ClN4O3/c1-2-24-22(28)19-12-16-11-18(27(29)30)7-8-20(16)26-10-9-25(14-21(19)26)13-15-3-5-17(23)6-4-15/h3-8,11,19,21H,2,9-10,12-14H2,1H3,(H,24,28)/t19-,21-/m0/s1. The van der Waals surface area contributed by atoms with Crippen molar-refractivity contribution in [2.24, 2.45) is 5.92 Å². The number of hydrogen-bond acceptors (Lipinski definition) is 5. The molecule has 2 aromatic rings. The number of amides is 1. The first-order chi connectivity index (χ1) is 14.5. The van der Waals surface area contributed by atoms with E-state index in [0.717, 1.165) is 42.5 Å². The molecule has 1 amide bonds. The maximum atomic E-state index is 12.9. The van der Waals surface area contributed by atoms with Crippen LogP contribution in [0.3, 0.4) is 0 Å². The number of nitro benzene ring substituents is 1. The quantitative estimate of drug-likeness (QED) is 0.584. The molecule has 8 heteroatoms. The number of piperazine rings is 1. The Bertz CT molecular complexity index is 950. The summed E-state index contributed by atoms with van der Waals surface area (Å²) in [5.74, 6) is -0.231. The van der Waals surface area contributed by atoms with Crippen molar-refractivity contribution in [1.29, 1.82) is 0 Å². The van der Waals surface area contributed by atoms with Crippen molar-refractivity contribution in [3.8, 4) is 0 Å². The molecular formula is C22H25ClN4O3. The molecule has 0 aliphatic carbocycles. The Hall–Kier alpha value is -2.64. The predicted molar refractivity (Wildman–Crippen MR) is 117 cm³/mol. The maximum Gasteiger partial charge on any atom is 0.269 e. The summed E-state index contributed by atoms with van der Waals surface area (Å²) in [5.41, 5.74) is 3.15. The molecule has 4 rings (SSSR count). The number of non-ortho nitro benzene ring substituents is 1. The fraction of sp³-hybridized carbons (Fsp3) is 0.409. The van der Waals surface area contributed by atoms with Gasteiger partial charge in [0.05, 0.1) is 16.9 Å². The van der Waals surface area contributed by atoms with Gasteiger partial charge in [0, 0.05) is 55.6 Å². The molecule has 1 fully saturated rings. The Morgan fingerprint density at radius 1 is 1.23 bits per heavy atom. The number of halogens is 1. The van der Waals surface area contributed by atoms with Crippen LogP contribution in [0.1, 0.15) is 18.1 Å². The van der Waals surface area contributed by atoms with Crippen molar-refractivity contribution in [3.63, 3.8) is 0 Å². The van der Waals surface area contributed by atoms with Crippen LogP contribution in [0.5, 0.6) is 0 Å². The molecule has 1 saturated heterocycles. The number of nitrogens with zero attached hydrogens (tertiary/aromatic N) is 3. The van der Waals surface area contributed by atoms with Gasteiger partial charge in [-0.15, -0.1) is 0 Å². The molecule has 0 bridgehead atoms. The van der Waals surface area contributed by atoms with E-state index in [0.29, 0.717) is 13.0 Å². The molecule has 0 spiro atoms. The first kappa shape index (κ1) is 20.6. The lowest BCUT2D eigenvalue weighted by molar-refractivity contribution is -0.384. The molecular weight excluding hydrogens is 404 g/mol. The van der Waals surface area contributed by atoms with Crippen LogP contribution in [-0.4, -0.2) is 48.0 Å². The molecule has 0 radical (unpaired) electrons. The Kier molecular flexibility index (Phi) is 5.92. The fourth-order valence-electron chi connectivity index (χ4n) is 4.58. The van der Waals surface area contributed by atoms with Gasteiger partial charge in [-0.1, -0.05) is 23.7 Å². The summed E-state index contributed by atoms with van der Waals surface area (Å²) in [5, 5.41) is 14.9. The molecule has 0 aromatic heterocycles. The Morgan fingerprint density at radius 3 is 2.70 bits per heavy atom. The summed E-state index contributed by atoms with van der Waals surface area (Å²) in [6.07, 6.45) is 0.513. The smallest absolute Gasteiger partial charge is 0.269 e. The molecule has 0 unspecified atom stereocenters. The SMILES string of the molecule is CCNC(=O)[C@H]1Cc2cc([N+](=O)[O-])ccc2N2CCN(Cc3ccc(Cl)cc3)C[C@@H]12. The second kappa shape index (κ2) is 8.62. The lowest BCUT2D eigenvalue weighted by atomic mass is 9.83. The lowest BCUT2D eigenvalue weighted by Crippen LogP contribution is -2.60. The number of carbonyl (C=O) groups is 1. The third kappa shape index (κ3) is 4.13. The van der Waals surface area contributed by atoms with Crippen LogP contribution in [0, 0.1) is 16.0 Å². The van der Waals surface area contributed by atoms with Gasteiger partial charge in [-0.25, -0.2) is 0 Å². The van der Waals surface area contributed by atoms with Crippen LogP contribution in [0.2, 0.25) is 5.02 Å². The number of hydrogen-bond donors (Lipinski definition) is 1.